The quantitative estimate of drug-likeness (QED) is 0.597. The monoisotopic (exact) mass is 154 g/mol. The second kappa shape index (κ2) is 2.74. The summed E-state index contributed by atoms with van der Waals surface area (Å²) in [5.41, 5.74) is 0.523. The summed E-state index contributed by atoms with van der Waals surface area (Å²) in [6.07, 6.45) is 1.43. The first-order valence-corrected chi connectivity index (χ1v) is 3.26. The molecule has 4 nitrogen and oxygen atoms in total. The molecule has 0 saturated carbocycles. The van der Waals surface area contributed by atoms with E-state index in [1.807, 2.05) is 0 Å². The third-order valence-electron chi connectivity index (χ3n) is 1.39. The summed E-state index contributed by atoms with van der Waals surface area (Å²) in [4.78, 5) is 12.7. The predicted molar refractivity (Wildman–Crippen MR) is 39.3 cm³/mol. The van der Waals surface area contributed by atoms with Crippen LogP contribution in [0.1, 0.15) is 16.1 Å². The van der Waals surface area contributed by atoms with E-state index in [-0.39, 0.29) is 5.91 Å². The highest BCUT2D eigenvalue weighted by Crippen LogP contribution is 2.07. The van der Waals surface area contributed by atoms with E-state index in [0.29, 0.717) is 11.3 Å². The molecule has 1 aromatic heterocycles. The number of rotatable bonds is 1. The lowest BCUT2D eigenvalue weighted by Gasteiger charge is -2.07. The molecule has 0 aliphatic carbocycles. The van der Waals surface area contributed by atoms with Gasteiger partial charge in [-0.05, 0) is 6.92 Å². The minimum Gasteiger partial charge on any atom is -0.361 e. The van der Waals surface area contributed by atoms with Crippen molar-refractivity contribution in [3.05, 3.63) is 17.5 Å². The van der Waals surface area contributed by atoms with Crippen molar-refractivity contribution in [2.75, 3.05) is 14.1 Å². The topological polar surface area (TPSA) is 46.3 Å². The number of hydrogen-bond donors (Lipinski definition) is 0. The van der Waals surface area contributed by atoms with Crippen molar-refractivity contribution in [3.63, 3.8) is 0 Å². The van der Waals surface area contributed by atoms with Gasteiger partial charge in [-0.15, -0.1) is 0 Å². The standard InChI is InChI=1S/C7H10N2O2/c1-5-6(4-8-11-5)7(10)9(2)3/h4H,1-3H3. The smallest absolute Gasteiger partial charge is 0.258 e. The number of carbonyl (C=O) groups is 1. The Kier molecular flexibility index (Phi) is 1.94. The zero-order valence-corrected chi connectivity index (χ0v) is 6.79. The Morgan fingerprint density at radius 2 is 2.27 bits per heavy atom. The lowest BCUT2D eigenvalue weighted by Crippen LogP contribution is -2.21. The van der Waals surface area contributed by atoms with Gasteiger partial charge >= 0.3 is 0 Å². The maximum atomic E-state index is 11.3. The zero-order valence-electron chi connectivity index (χ0n) is 6.79. The molecule has 0 aliphatic rings. The minimum atomic E-state index is -0.0799. The number of carbonyl (C=O) groups excluding carboxylic acids is 1. The molecule has 0 saturated heterocycles. The molecule has 0 bridgehead atoms. The Morgan fingerprint density at radius 1 is 1.64 bits per heavy atom. The number of aryl methyl sites for hydroxylation is 1. The van der Waals surface area contributed by atoms with Crippen LogP contribution in [0.4, 0.5) is 0 Å². The fourth-order valence-electron chi connectivity index (χ4n) is 0.745. The van der Waals surface area contributed by atoms with Crippen LogP contribution in [0, 0.1) is 6.92 Å². The van der Waals surface area contributed by atoms with E-state index in [4.69, 9.17) is 4.52 Å². The van der Waals surface area contributed by atoms with E-state index in [1.54, 1.807) is 21.0 Å². The van der Waals surface area contributed by atoms with Gasteiger partial charge in [0.1, 0.15) is 11.3 Å². The van der Waals surface area contributed by atoms with E-state index in [2.05, 4.69) is 5.16 Å². The Hall–Kier alpha value is -1.32. The van der Waals surface area contributed by atoms with Crippen LogP contribution in [0.5, 0.6) is 0 Å². The maximum absolute atomic E-state index is 11.3. The van der Waals surface area contributed by atoms with Crippen LogP contribution in [0.2, 0.25) is 0 Å². The Labute approximate surface area is 64.8 Å². The number of nitrogens with zero attached hydrogens (tertiary/aromatic N) is 2. The van der Waals surface area contributed by atoms with E-state index in [9.17, 15) is 4.79 Å². The molecule has 1 rings (SSSR count). The fraction of sp³-hybridized carbons (Fsp3) is 0.429. The van der Waals surface area contributed by atoms with E-state index >= 15 is 0 Å². The molecule has 0 radical (unpaired) electrons. The molecule has 0 aromatic carbocycles. The van der Waals surface area contributed by atoms with Crippen LogP contribution in [-0.2, 0) is 0 Å². The average Bonchev–Trinajstić information content (AvgIpc) is 2.33. The van der Waals surface area contributed by atoms with Gasteiger partial charge in [-0.2, -0.15) is 0 Å². The Balaban J connectivity index is 2.93. The van der Waals surface area contributed by atoms with Crippen LogP contribution in [0.15, 0.2) is 10.7 Å². The van der Waals surface area contributed by atoms with Gasteiger partial charge in [-0.25, -0.2) is 0 Å². The Bertz CT molecular complexity index is 265. The Morgan fingerprint density at radius 3 is 2.64 bits per heavy atom. The first-order chi connectivity index (χ1) is 5.13. The molecule has 60 valence electrons. The summed E-state index contributed by atoms with van der Waals surface area (Å²) < 4.78 is 4.74. The largest absolute Gasteiger partial charge is 0.361 e. The second-order valence-corrected chi connectivity index (χ2v) is 2.50. The molecule has 1 heterocycles. The first-order valence-electron chi connectivity index (χ1n) is 3.26. The SMILES string of the molecule is Cc1oncc1C(=O)N(C)C. The molecule has 11 heavy (non-hydrogen) atoms. The molecule has 0 N–H and O–H groups in total. The van der Waals surface area contributed by atoms with Crippen LogP contribution >= 0.6 is 0 Å². The summed E-state index contributed by atoms with van der Waals surface area (Å²) in [5, 5.41) is 3.50. The highest BCUT2D eigenvalue weighted by Gasteiger charge is 2.13. The van der Waals surface area contributed by atoms with Crippen molar-refractivity contribution in [2.24, 2.45) is 0 Å². The van der Waals surface area contributed by atoms with Crippen LogP contribution < -0.4 is 0 Å². The lowest BCUT2D eigenvalue weighted by molar-refractivity contribution is 0.0826. The van der Waals surface area contributed by atoms with Crippen LogP contribution in [0.25, 0.3) is 0 Å². The summed E-state index contributed by atoms with van der Waals surface area (Å²) in [5.74, 6) is 0.479. The van der Waals surface area contributed by atoms with Crippen molar-refractivity contribution in [2.45, 2.75) is 6.92 Å². The number of hydrogen-bond acceptors (Lipinski definition) is 3. The second-order valence-electron chi connectivity index (χ2n) is 2.50. The molecule has 0 aliphatic heterocycles. The zero-order chi connectivity index (χ0) is 8.43. The van der Waals surface area contributed by atoms with Gasteiger partial charge in [0, 0.05) is 14.1 Å². The van der Waals surface area contributed by atoms with Gasteiger partial charge in [0.15, 0.2) is 0 Å². The summed E-state index contributed by atoms with van der Waals surface area (Å²) >= 11 is 0. The third-order valence-corrected chi connectivity index (χ3v) is 1.39. The van der Waals surface area contributed by atoms with Crippen molar-refractivity contribution < 1.29 is 9.32 Å². The molecule has 0 unspecified atom stereocenters. The highest BCUT2D eigenvalue weighted by atomic mass is 16.5. The molecule has 0 spiro atoms. The van der Waals surface area contributed by atoms with Crippen LogP contribution in [-0.4, -0.2) is 30.1 Å². The normalized spacial score (nSPS) is 9.73. The highest BCUT2D eigenvalue weighted by molar-refractivity contribution is 5.94. The molecular formula is C7H10N2O2. The molecule has 4 heteroatoms. The lowest BCUT2D eigenvalue weighted by atomic mass is 10.2. The van der Waals surface area contributed by atoms with Crippen molar-refractivity contribution >= 4 is 5.91 Å². The third kappa shape index (κ3) is 1.39. The molecular weight excluding hydrogens is 144 g/mol. The minimum absolute atomic E-state index is 0.0799. The maximum Gasteiger partial charge on any atom is 0.258 e. The number of aromatic nitrogens is 1. The van der Waals surface area contributed by atoms with Crippen molar-refractivity contribution in [3.8, 4) is 0 Å². The summed E-state index contributed by atoms with van der Waals surface area (Å²) in [6, 6.07) is 0. The fourth-order valence-corrected chi connectivity index (χ4v) is 0.745. The van der Waals surface area contributed by atoms with E-state index in [1.165, 1.54) is 11.1 Å². The number of amides is 1. The van der Waals surface area contributed by atoms with Gasteiger partial charge in [-0.3, -0.25) is 4.79 Å². The van der Waals surface area contributed by atoms with Crippen molar-refractivity contribution in [1.29, 1.82) is 0 Å². The van der Waals surface area contributed by atoms with Crippen molar-refractivity contribution in [1.82, 2.24) is 10.1 Å². The summed E-state index contributed by atoms with van der Waals surface area (Å²) in [7, 11) is 3.38. The van der Waals surface area contributed by atoms with Gasteiger partial charge < -0.3 is 9.42 Å². The van der Waals surface area contributed by atoms with Gasteiger partial charge in [0.05, 0.1) is 6.20 Å². The van der Waals surface area contributed by atoms with Gasteiger partial charge in [0.2, 0.25) is 0 Å². The van der Waals surface area contributed by atoms with Gasteiger partial charge in [-0.1, -0.05) is 5.16 Å². The predicted octanol–water partition coefficient (Wildman–Crippen LogP) is 0.685. The first kappa shape index (κ1) is 7.78. The summed E-state index contributed by atoms with van der Waals surface area (Å²) in [6.45, 7) is 1.71. The van der Waals surface area contributed by atoms with E-state index < -0.39 is 0 Å². The van der Waals surface area contributed by atoms with E-state index in [0.717, 1.165) is 0 Å². The van der Waals surface area contributed by atoms with Crippen LogP contribution in [0.3, 0.4) is 0 Å². The molecule has 1 aromatic rings. The molecule has 0 atom stereocenters. The average molecular weight is 154 g/mol. The van der Waals surface area contributed by atoms with Gasteiger partial charge in [0.25, 0.3) is 5.91 Å². The molecule has 1 amide bonds. The molecule has 0 fully saturated rings.